The Morgan fingerprint density at radius 1 is 1.32 bits per heavy atom. The number of benzene rings is 1. The lowest BCUT2D eigenvalue weighted by atomic mass is 10.2. The fraction of sp³-hybridized carbons (Fsp3) is 0.154. The van der Waals surface area contributed by atoms with Crippen LogP contribution >= 0.6 is 0 Å². The van der Waals surface area contributed by atoms with Crippen LogP contribution in [0, 0.1) is 5.82 Å². The third-order valence-corrected chi connectivity index (χ3v) is 2.57. The zero-order valence-electron chi connectivity index (χ0n) is 10.2. The van der Waals surface area contributed by atoms with E-state index in [1.165, 1.54) is 18.2 Å². The van der Waals surface area contributed by atoms with Gasteiger partial charge in [-0.15, -0.1) is 10.2 Å². The minimum absolute atomic E-state index is 0.108. The third-order valence-electron chi connectivity index (χ3n) is 2.57. The molecule has 2 rings (SSSR count). The Kier molecular flexibility index (Phi) is 3.70. The predicted octanol–water partition coefficient (Wildman–Crippen LogP) is 1.95. The zero-order chi connectivity index (χ0) is 13.8. The molecule has 0 aliphatic rings. The van der Waals surface area contributed by atoms with E-state index in [1.54, 1.807) is 30.1 Å². The van der Waals surface area contributed by atoms with Crippen molar-refractivity contribution >= 4 is 11.8 Å². The van der Waals surface area contributed by atoms with Crippen molar-refractivity contribution in [3.05, 3.63) is 53.5 Å². The van der Waals surface area contributed by atoms with Gasteiger partial charge in [0.1, 0.15) is 5.82 Å². The standard InChI is InChI=1S/C13H12FN3O2/c1-17(8-9-3-2-4-10(14)7-9)12-6-5-11(13(18)19)15-16-12/h2-7H,8H2,1H3,(H,18,19). The number of nitrogens with zero attached hydrogens (tertiary/aromatic N) is 3. The lowest BCUT2D eigenvalue weighted by Crippen LogP contribution is -2.18. The first kappa shape index (κ1) is 12.9. The number of carboxylic acids is 1. The van der Waals surface area contributed by atoms with Crippen LogP contribution in [0.2, 0.25) is 0 Å². The van der Waals surface area contributed by atoms with Gasteiger partial charge >= 0.3 is 5.97 Å². The van der Waals surface area contributed by atoms with E-state index in [0.29, 0.717) is 12.4 Å². The van der Waals surface area contributed by atoms with Gasteiger partial charge in [0.2, 0.25) is 0 Å². The van der Waals surface area contributed by atoms with Crippen molar-refractivity contribution in [2.45, 2.75) is 6.54 Å². The summed E-state index contributed by atoms with van der Waals surface area (Å²) in [5.41, 5.74) is 0.689. The van der Waals surface area contributed by atoms with Crippen LogP contribution < -0.4 is 4.90 Å². The highest BCUT2D eigenvalue weighted by atomic mass is 19.1. The van der Waals surface area contributed by atoms with Crippen LogP contribution in [0.15, 0.2) is 36.4 Å². The summed E-state index contributed by atoms with van der Waals surface area (Å²) in [5.74, 6) is -0.890. The molecule has 19 heavy (non-hydrogen) atoms. The van der Waals surface area contributed by atoms with Crippen molar-refractivity contribution in [2.75, 3.05) is 11.9 Å². The van der Waals surface area contributed by atoms with E-state index in [9.17, 15) is 9.18 Å². The summed E-state index contributed by atoms with van der Waals surface area (Å²) in [7, 11) is 1.77. The van der Waals surface area contributed by atoms with Gasteiger partial charge in [0, 0.05) is 13.6 Å². The minimum Gasteiger partial charge on any atom is -0.476 e. The van der Waals surface area contributed by atoms with Crippen LogP contribution in [0.4, 0.5) is 10.2 Å². The first-order valence-corrected chi connectivity index (χ1v) is 5.59. The molecule has 0 bridgehead atoms. The van der Waals surface area contributed by atoms with Gasteiger partial charge in [-0.1, -0.05) is 12.1 Å². The second-order valence-electron chi connectivity index (χ2n) is 4.07. The highest BCUT2D eigenvalue weighted by Gasteiger charge is 2.08. The summed E-state index contributed by atoms with van der Waals surface area (Å²) in [6.45, 7) is 0.457. The highest BCUT2D eigenvalue weighted by Crippen LogP contribution is 2.12. The molecule has 0 radical (unpaired) electrons. The van der Waals surface area contributed by atoms with Crippen LogP contribution in [0.1, 0.15) is 16.1 Å². The van der Waals surface area contributed by atoms with E-state index in [-0.39, 0.29) is 11.5 Å². The summed E-state index contributed by atoms with van der Waals surface area (Å²) in [5, 5.41) is 16.1. The zero-order valence-corrected chi connectivity index (χ0v) is 10.2. The van der Waals surface area contributed by atoms with Gasteiger partial charge in [-0.2, -0.15) is 0 Å². The number of carboxylic acid groups (broad SMARTS) is 1. The molecule has 0 saturated carbocycles. The molecule has 0 fully saturated rings. The molecule has 6 heteroatoms. The SMILES string of the molecule is CN(Cc1cccc(F)c1)c1ccc(C(=O)O)nn1. The molecule has 0 aliphatic carbocycles. The second kappa shape index (κ2) is 5.43. The minimum atomic E-state index is -1.12. The predicted molar refractivity (Wildman–Crippen MR) is 67.5 cm³/mol. The summed E-state index contributed by atoms with van der Waals surface area (Å²) in [6, 6.07) is 9.21. The Morgan fingerprint density at radius 3 is 2.68 bits per heavy atom. The number of halogens is 1. The number of aromatic nitrogens is 2. The van der Waals surface area contributed by atoms with E-state index in [1.807, 2.05) is 0 Å². The number of hydrogen-bond donors (Lipinski definition) is 1. The summed E-state index contributed by atoms with van der Waals surface area (Å²) < 4.78 is 13.1. The molecule has 1 N–H and O–H groups in total. The van der Waals surface area contributed by atoms with Crippen LogP contribution in [-0.2, 0) is 6.54 Å². The van der Waals surface area contributed by atoms with Crippen LogP contribution in [0.25, 0.3) is 0 Å². The van der Waals surface area contributed by atoms with Crippen molar-refractivity contribution in [3.63, 3.8) is 0 Å². The van der Waals surface area contributed by atoms with Crippen LogP contribution in [0.5, 0.6) is 0 Å². The number of rotatable bonds is 4. The highest BCUT2D eigenvalue weighted by molar-refractivity contribution is 5.85. The van der Waals surface area contributed by atoms with Gasteiger partial charge in [0.05, 0.1) is 0 Å². The molecular formula is C13H12FN3O2. The molecular weight excluding hydrogens is 249 g/mol. The van der Waals surface area contributed by atoms with Crippen molar-refractivity contribution in [1.29, 1.82) is 0 Å². The largest absolute Gasteiger partial charge is 0.476 e. The first-order chi connectivity index (χ1) is 9.06. The molecule has 0 amide bonds. The van der Waals surface area contributed by atoms with Gasteiger partial charge in [0.25, 0.3) is 0 Å². The quantitative estimate of drug-likeness (QED) is 0.911. The molecule has 0 saturated heterocycles. The van der Waals surface area contributed by atoms with E-state index < -0.39 is 5.97 Å². The van der Waals surface area contributed by atoms with E-state index in [4.69, 9.17) is 5.11 Å². The van der Waals surface area contributed by atoms with Crippen molar-refractivity contribution in [2.24, 2.45) is 0 Å². The van der Waals surface area contributed by atoms with Crippen LogP contribution in [0.3, 0.4) is 0 Å². The molecule has 0 atom stereocenters. The number of hydrogen-bond acceptors (Lipinski definition) is 4. The van der Waals surface area contributed by atoms with E-state index >= 15 is 0 Å². The molecule has 98 valence electrons. The number of carbonyl (C=O) groups is 1. The number of anilines is 1. The van der Waals surface area contributed by atoms with Gasteiger partial charge in [0.15, 0.2) is 11.5 Å². The first-order valence-electron chi connectivity index (χ1n) is 5.59. The lowest BCUT2D eigenvalue weighted by molar-refractivity contribution is 0.0689. The third kappa shape index (κ3) is 3.25. The second-order valence-corrected chi connectivity index (χ2v) is 4.07. The topological polar surface area (TPSA) is 66.3 Å². The van der Waals surface area contributed by atoms with Crippen molar-refractivity contribution in [3.8, 4) is 0 Å². The summed E-state index contributed by atoms with van der Waals surface area (Å²) >= 11 is 0. The average Bonchev–Trinajstić information content (AvgIpc) is 2.39. The Morgan fingerprint density at radius 2 is 2.11 bits per heavy atom. The molecule has 0 unspecified atom stereocenters. The average molecular weight is 261 g/mol. The molecule has 5 nitrogen and oxygen atoms in total. The van der Waals surface area contributed by atoms with Gasteiger partial charge in [-0.05, 0) is 29.8 Å². The summed E-state index contributed by atoms with van der Waals surface area (Å²) in [6.07, 6.45) is 0. The number of aromatic carboxylic acids is 1. The Balaban J connectivity index is 2.11. The van der Waals surface area contributed by atoms with Gasteiger partial charge in [-0.25, -0.2) is 9.18 Å². The normalized spacial score (nSPS) is 10.2. The molecule has 0 aliphatic heterocycles. The van der Waals surface area contributed by atoms with Crippen molar-refractivity contribution in [1.82, 2.24) is 10.2 Å². The van der Waals surface area contributed by atoms with Gasteiger partial charge < -0.3 is 10.0 Å². The van der Waals surface area contributed by atoms with Crippen molar-refractivity contribution < 1.29 is 14.3 Å². The van der Waals surface area contributed by atoms with Gasteiger partial charge in [-0.3, -0.25) is 0 Å². The van der Waals surface area contributed by atoms with E-state index in [0.717, 1.165) is 5.56 Å². The van der Waals surface area contributed by atoms with Crippen LogP contribution in [-0.4, -0.2) is 28.3 Å². The molecule has 1 aromatic carbocycles. The van der Waals surface area contributed by atoms with E-state index in [2.05, 4.69) is 10.2 Å². The maximum absolute atomic E-state index is 13.1. The lowest BCUT2D eigenvalue weighted by Gasteiger charge is -2.17. The monoisotopic (exact) mass is 261 g/mol. The fourth-order valence-electron chi connectivity index (χ4n) is 1.63. The maximum Gasteiger partial charge on any atom is 0.356 e. The molecule has 2 aromatic rings. The fourth-order valence-corrected chi connectivity index (χ4v) is 1.63. The Hall–Kier alpha value is -2.50. The Labute approximate surface area is 109 Å². The molecule has 1 heterocycles. The smallest absolute Gasteiger partial charge is 0.356 e. The molecule has 0 spiro atoms. The summed E-state index contributed by atoms with van der Waals surface area (Å²) in [4.78, 5) is 12.4. The molecule has 1 aromatic heterocycles. The Bertz CT molecular complexity index is 587. The maximum atomic E-state index is 13.1.